The normalized spacial score (nSPS) is 12.8. The summed E-state index contributed by atoms with van der Waals surface area (Å²) in [5, 5.41) is 0. The molecular weight excluding hydrogens is 150 g/mol. The first-order chi connectivity index (χ1) is 5.70. The number of hydrogen-bond donors (Lipinski definition) is 1. The number of hydrogen-bond acceptors (Lipinski definition) is 2. The van der Waals surface area contributed by atoms with E-state index in [1.165, 1.54) is 5.57 Å². The van der Waals surface area contributed by atoms with Crippen molar-refractivity contribution in [1.82, 2.24) is 0 Å². The molecule has 0 amide bonds. The molecule has 66 valence electrons. The summed E-state index contributed by atoms with van der Waals surface area (Å²) in [6.45, 7) is 5.85. The molecule has 0 radical (unpaired) electrons. The van der Waals surface area contributed by atoms with Gasteiger partial charge in [-0.05, 0) is 25.8 Å². The minimum absolute atomic E-state index is 0.0837. The summed E-state index contributed by atoms with van der Waals surface area (Å²) < 4.78 is 4.94. The van der Waals surface area contributed by atoms with Crippen LogP contribution in [0.15, 0.2) is 35.2 Å². The van der Waals surface area contributed by atoms with E-state index in [1.807, 2.05) is 13.0 Å². The lowest BCUT2D eigenvalue weighted by Gasteiger charge is -2.07. The molecule has 1 aromatic rings. The number of nitrogens with two attached hydrogens (primary N) is 1. The lowest BCUT2D eigenvalue weighted by molar-refractivity contribution is 0.554. The smallest absolute Gasteiger partial charge is 0.0950 e. The van der Waals surface area contributed by atoms with Crippen LogP contribution in [0, 0.1) is 0 Å². The molecule has 2 nitrogen and oxygen atoms in total. The zero-order valence-electron chi connectivity index (χ0n) is 7.42. The van der Waals surface area contributed by atoms with Gasteiger partial charge in [0.2, 0.25) is 0 Å². The summed E-state index contributed by atoms with van der Waals surface area (Å²) in [6, 6.07) is 1.99. The monoisotopic (exact) mass is 165 g/mol. The lowest BCUT2D eigenvalue weighted by atomic mass is 10.0. The SMILES string of the molecule is C=C(C)CCC(N)c1ccoc1. The third kappa shape index (κ3) is 2.55. The zero-order chi connectivity index (χ0) is 8.97. The fraction of sp³-hybridized carbons (Fsp3) is 0.400. The summed E-state index contributed by atoms with van der Waals surface area (Å²) >= 11 is 0. The maximum atomic E-state index is 5.89. The van der Waals surface area contributed by atoms with Crippen molar-refractivity contribution < 1.29 is 4.42 Å². The van der Waals surface area contributed by atoms with E-state index < -0.39 is 0 Å². The van der Waals surface area contributed by atoms with Gasteiger partial charge in [0.05, 0.1) is 12.5 Å². The summed E-state index contributed by atoms with van der Waals surface area (Å²) in [5.74, 6) is 0. The molecule has 1 unspecified atom stereocenters. The minimum atomic E-state index is 0.0837. The fourth-order valence-corrected chi connectivity index (χ4v) is 1.05. The molecular formula is C10H15NO. The first-order valence-corrected chi connectivity index (χ1v) is 4.12. The van der Waals surface area contributed by atoms with E-state index in [2.05, 4.69) is 6.58 Å². The highest BCUT2D eigenvalue weighted by atomic mass is 16.3. The lowest BCUT2D eigenvalue weighted by Crippen LogP contribution is -2.08. The summed E-state index contributed by atoms with van der Waals surface area (Å²) in [6.07, 6.45) is 5.26. The van der Waals surface area contributed by atoms with Crippen LogP contribution in [-0.2, 0) is 0 Å². The molecule has 0 bridgehead atoms. The van der Waals surface area contributed by atoms with Crippen LogP contribution in [0.4, 0.5) is 0 Å². The third-order valence-corrected chi connectivity index (χ3v) is 1.85. The molecule has 12 heavy (non-hydrogen) atoms. The molecule has 2 N–H and O–H groups in total. The zero-order valence-corrected chi connectivity index (χ0v) is 7.42. The van der Waals surface area contributed by atoms with E-state index in [4.69, 9.17) is 10.2 Å². The van der Waals surface area contributed by atoms with Gasteiger partial charge in [0.15, 0.2) is 0 Å². The second-order valence-electron chi connectivity index (χ2n) is 3.16. The van der Waals surface area contributed by atoms with Crippen molar-refractivity contribution in [2.45, 2.75) is 25.8 Å². The minimum Gasteiger partial charge on any atom is -0.472 e. The van der Waals surface area contributed by atoms with Gasteiger partial charge in [-0.1, -0.05) is 5.57 Å². The van der Waals surface area contributed by atoms with E-state index in [1.54, 1.807) is 12.5 Å². The molecule has 0 aliphatic carbocycles. The van der Waals surface area contributed by atoms with Crippen molar-refractivity contribution in [1.29, 1.82) is 0 Å². The Morgan fingerprint density at radius 1 is 1.75 bits per heavy atom. The first-order valence-electron chi connectivity index (χ1n) is 4.12. The predicted octanol–water partition coefficient (Wildman–Crippen LogP) is 2.64. The highest BCUT2D eigenvalue weighted by Gasteiger charge is 2.05. The van der Waals surface area contributed by atoms with E-state index in [0.29, 0.717) is 0 Å². The van der Waals surface area contributed by atoms with Crippen molar-refractivity contribution in [2.24, 2.45) is 5.73 Å². The topological polar surface area (TPSA) is 39.2 Å². The third-order valence-electron chi connectivity index (χ3n) is 1.85. The Kier molecular flexibility index (Phi) is 3.11. The molecule has 0 aromatic carbocycles. The molecule has 1 heterocycles. The molecule has 1 rings (SSSR count). The van der Waals surface area contributed by atoms with Crippen LogP contribution in [0.1, 0.15) is 31.4 Å². The van der Waals surface area contributed by atoms with E-state index in [9.17, 15) is 0 Å². The molecule has 0 saturated heterocycles. The van der Waals surface area contributed by atoms with Gasteiger partial charge in [0, 0.05) is 11.6 Å². The van der Waals surface area contributed by atoms with Crippen LogP contribution in [0.3, 0.4) is 0 Å². The highest BCUT2D eigenvalue weighted by molar-refractivity contribution is 5.11. The Hall–Kier alpha value is -1.02. The highest BCUT2D eigenvalue weighted by Crippen LogP contribution is 2.17. The second kappa shape index (κ2) is 4.12. The van der Waals surface area contributed by atoms with Crippen molar-refractivity contribution in [2.75, 3.05) is 0 Å². The van der Waals surface area contributed by atoms with Gasteiger partial charge in [0.25, 0.3) is 0 Å². The van der Waals surface area contributed by atoms with Gasteiger partial charge < -0.3 is 10.2 Å². The summed E-state index contributed by atoms with van der Waals surface area (Å²) in [7, 11) is 0. The number of allylic oxidation sites excluding steroid dienone is 1. The number of rotatable bonds is 4. The fourth-order valence-electron chi connectivity index (χ4n) is 1.05. The van der Waals surface area contributed by atoms with E-state index in [-0.39, 0.29) is 6.04 Å². The van der Waals surface area contributed by atoms with E-state index >= 15 is 0 Å². The molecule has 0 fully saturated rings. The van der Waals surface area contributed by atoms with Crippen LogP contribution in [0.2, 0.25) is 0 Å². The Morgan fingerprint density at radius 2 is 2.50 bits per heavy atom. The average molecular weight is 165 g/mol. The molecule has 1 atom stereocenters. The van der Waals surface area contributed by atoms with Crippen molar-refractivity contribution in [3.63, 3.8) is 0 Å². The van der Waals surface area contributed by atoms with Crippen LogP contribution < -0.4 is 5.73 Å². The Bertz CT molecular complexity index is 238. The van der Waals surface area contributed by atoms with Crippen molar-refractivity contribution >= 4 is 0 Å². The van der Waals surface area contributed by atoms with Crippen LogP contribution in [0.5, 0.6) is 0 Å². The molecule has 0 aliphatic heterocycles. The number of furan rings is 1. The maximum Gasteiger partial charge on any atom is 0.0950 e. The van der Waals surface area contributed by atoms with Crippen LogP contribution in [-0.4, -0.2) is 0 Å². The average Bonchev–Trinajstić information content (AvgIpc) is 2.51. The van der Waals surface area contributed by atoms with E-state index in [0.717, 1.165) is 18.4 Å². The second-order valence-corrected chi connectivity index (χ2v) is 3.16. The standard InChI is InChI=1S/C10H15NO/c1-8(2)3-4-10(11)9-5-6-12-7-9/h5-7,10H,1,3-4,11H2,2H3. The Labute approximate surface area is 73.1 Å². The quantitative estimate of drug-likeness (QED) is 0.696. The Balaban J connectivity index is 2.39. The Morgan fingerprint density at radius 3 is 3.00 bits per heavy atom. The van der Waals surface area contributed by atoms with Gasteiger partial charge in [0.1, 0.15) is 0 Å². The van der Waals surface area contributed by atoms with Gasteiger partial charge in [-0.3, -0.25) is 0 Å². The largest absolute Gasteiger partial charge is 0.472 e. The molecule has 0 aliphatic rings. The molecule has 1 aromatic heterocycles. The first kappa shape index (κ1) is 9.07. The van der Waals surface area contributed by atoms with Crippen LogP contribution >= 0.6 is 0 Å². The van der Waals surface area contributed by atoms with Crippen LogP contribution in [0.25, 0.3) is 0 Å². The van der Waals surface area contributed by atoms with Gasteiger partial charge in [-0.25, -0.2) is 0 Å². The van der Waals surface area contributed by atoms with Gasteiger partial charge in [-0.2, -0.15) is 0 Å². The predicted molar refractivity (Wildman–Crippen MR) is 49.7 cm³/mol. The molecule has 0 saturated carbocycles. The maximum absolute atomic E-state index is 5.89. The molecule has 2 heteroatoms. The van der Waals surface area contributed by atoms with Gasteiger partial charge in [-0.15, -0.1) is 6.58 Å². The molecule has 0 spiro atoms. The van der Waals surface area contributed by atoms with Crippen molar-refractivity contribution in [3.8, 4) is 0 Å². The van der Waals surface area contributed by atoms with Crippen molar-refractivity contribution in [3.05, 3.63) is 36.3 Å². The van der Waals surface area contributed by atoms with Gasteiger partial charge >= 0.3 is 0 Å². The summed E-state index contributed by atoms with van der Waals surface area (Å²) in [4.78, 5) is 0. The summed E-state index contributed by atoms with van der Waals surface area (Å²) in [5.41, 5.74) is 8.13.